The lowest BCUT2D eigenvalue weighted by Gasteiger charge is -2.38. The average Bonchev–Trinajstić information content (AvgIpc) is 3.13. The van der Waals surface area contributed by atoms with E-state index in [1.807, 2.05) is 51.1 Å². The van der Waals surface area contributed by atoms with Gasteiger partial charge in [0.2, 0.25) is 0 Å². The highest BCUT2D eigenvalue weighted by Crippen LogP contribution is 2.46. The molecule has 2 aromatic rings. The number of carbonyl (C=O) groups is 1. The number of rotatable bonds is 7. The van der Waals surface area contributed by atoms with Crippen molar-refractivity contribution in [3.63, 3.8) is 0 Å². The van der Waals surface area contributed by atoms with Crippen molar-refractivity contribution < 1.29 is 19.0 Å². The third kappa shape index (κ3) is 6.17. The number of nitrogens with zero attached hydrogens (tertiary/aromatic N) is 1. The first-order valence-electron chi connectivity index (χ1n) is 11.9. The highest BCUT2D eigenvalue weighted by Gasteiger charge is 2.43. The molecule has 2 aliphatic heterocycles. The van der Waals surface area contributed by atoms with E-state index in [1.54, 1.807) is 0 Å². The average molecular weight is 450 g/mol. The predicted octanol–water partition coefficient (Wildman–Crippen LogP) is 5.24. The Morgan fingerprint density at radius 1 is 1.12 bits per heavy atom. The van der Waals surface area contributed by atoms with Gasteiger partial charge in [0.15, 0.2) is 0 Å². The molecule has 0 aromatic heterocycles. The Kier molecular flexibility index (Phi) is 7.08. The van der Waals surface area contributed by atoms with Gasteiger partial charge in [-0.05, 0) is 64.4 Å². The van der Waals surface area contributed by atoms with E-state index in [1.165, 1.54) is 5.56 Å². The van der Waals surface area contributed by atoms with E-state index in [9.17, 15) is 4.79 Å². The number of esters is 1. The summed E-state index contributed by atoms with van der Waals surface area (Å²) < 4.78 is 17.5. The van der Waals surface area contributed by atoms with Crippen LogP contribution in [0.5, 0.6) is 11.5 Å². The molecule has 5 heteroatoms. The second-order valence-corrected chi connectivity index (χ2v) is 10.0. The molecule has 1 fully saturated rings. The summed E-state index contributed by atoms with van der Waals surface area (Å²) in [7, 11) is 0. The van der Waals surface area contributed by atoms with Crippen LogP contribution in [0.15, 0.2) is 54.6 Å². The van der Waals surface area contributed by atoms with Crippen molar-refractivity contribution in [1.29, 1.82) is 0 Å². The molecule has 33 heavy (non-hydrogen) atoms. The van der Waals surface area contributed by atoms with Gasteiger partial charge in [0.1, 0.15) is 23.7 Å². The fourth-order valence-electron chi connectivity index (χ4n) is 4.60. The monoisotopic (exact) mass is 449 g/mol. The number of benzene rings is 2. The van der Waals surface area contributed by atoms with Crippen molar-refractivity contribution in [2.24, 2.45) is 0 Å². The van der Waals surface area contributed by atoms with E-state index in [0.717, 1.165) is 56.1 Å². The van der Waals surface area contributed by atoms with Gasteiger partial charge in [-0.3, -0.25) is 4.79 Å². The summed E-state index contributed by atoms with van der Waals surface area (Å²) in [6.07, 6.45) is 6.60. The number of carbonyl (C=O) groups excluding carboxylic acids is 1. The highest BCUT2D eigenvalue weighted by molar-refractivity contribution is 5.70. The van der Waals surface area contributed by atoms with Gasteiger partial charge in [0.05, 0.1) is 13.0 Å². The van der Waals surface area contributed by atoms with Gasteiger partial charge in [-0.25, -0.2) is 0 Å². The quantitative estimate of drug-likeness (QED) is 0.541. The Morgan fingerprint density at radius 2 is 1.88 bits per heavy atom. The van der Waals surface area contributed by atoms with Crippen LogP contribution >= 0.6 is 0 Å². The molecule has 2 aromatic carbocycles. The molecule has 0 saturated carbocycles. The predicted molar refractivity (Wildman–Crippen MR) is 131 cm³/mol. The van der Waals surface area contributed by atoms with Crippen LogP contribution in [-0.4, -0.2) is 49.3 Å². The van der Waals surface area contributed by atoms with Gasteiger partial charge in [-0.15, -0.1) is 0 Å². The third-order valence-corrected chi connectivity index (χ3v) is 6.35. The van der Waals surface area contributed by atoms with E-state index in [0.29, 0.717) is 13.0 Å². The Bertz CT molecular complexity index is 969. The molecule has 0 bridgehead atoms. The summed E-state index contributed by atoms with van der Waals surface area (Å²) >= 11 is 0. The topological polar surface area (TPSA) is 48.0 Å². The molecule has 0 N–H and O–H groups in total. The summed E-state index contributed by atoms with van der Waals surface area (Å²) in [6, 6.07) is 16.5. The summed E-state index contributed by atoms with van der Waals surface area (Å²) in [4.78, 5) is 14.4. The first kappa shape index (κ1) is 23.4. The summed E-state index contributed by atoms with van der Waals surface area (Å²) in [5.74, 6) is 1.66. The van der Waals surface area contributed by atoms with Crippen molar-refractivity contribution in [3.05, 3.63) is 65.7 Å². The maximum Gasteiger partial charge on any atom is 0.307 e. The van der Waals surface area contributed by atoms with Gasteiger partial charge in [0, 0.05) is 23.6 Å². The van der Waals surface area contributed by atoms with Gasteiger partial charge in [-0.2, -0.15) is 0 Å². The lowest BCUT2D eigenvalue weighted by Crippen LogP contribution is -2.44. The molecule has 2 heterocycles. The molecular formula is C28H35NO4. The zero-order valence-corrected chi connectivity index (χ0v) is 20.0. The van der Waals surface area contributed by atoms with Gasteiger partial charge < -0.3 is 19.1 Å². The van der Waals surface area contributed by atoms with Crippen LogP contribution in [0.2, 0.25) is 0 Å². The van der Waals surface area contributed by atoms with Crippen molar-refractivity contribution in [2.75, 3.05) is 32.8 Å². The Balaban J connectivity index is 1.27. The SMILES string of the molecule is CC(C)(C)OC(=O)CCN1CCC2(CC1)COc1cc(OC/C=C/c3ccccc3)ccc12. The molecule has 1 spiro atoms. The third-order valence-electron chi connectivity index (χ3n) is 6.35. The van der Waals surface area contributed by atoms with Crippen molar-refractivity contribution in [3.8, 4) is 11.5 Å². The van der Waals surface area contributed by atoms with Crippen LogP contribution in [0.1, 0.15) is 51.2 Å². The second kappa shape index (κ2) is 10.0. The lowest BCUT2D eigenvalue weighted by atomic mass is 9.74. The Morgan fingerprint density at radius 3 is 2.61 bits per heavy atom. The smallest absolute Gasteiger partial charge is 0.307 e. The molecule has 0 radical (unpaired) electrons. The molecule has 1 saturated heterocycles. The number of piperidine rings is 1. The zero-order chi connectivity index (χ0) is 23.3. The molecule has 2 aliphatic rings. The molecule has 0 atom stereocenters. The van der Waals surface area contributed by atoms with Crippen LogP contribution in [-0.2, 0) is 14.9 Å². The molecule has 0 aliphatic carbocycles. The van der Waals surface area contributed by atoms with Crippen molar-refractivity contribution >= 4 is 12.0 Å². The molecule has 176 valence electrons. The molecular weight excluding hydrogens is 414 g/mol. The highest BCUT2D eigenvalue weighted by atomic mass is 16.6. The summed E-state index contributed by atoms with van der Waals surface area (Å²) in [5.41, 5.74) is 2.11. The number of hydrogen-bond acceptors (Lipinski definition) is 5. The lowest BCUT2D eigenvalue weighted by molar-refractivity contribution is -0.155. The minimum atomic E-state index is -0.422. The Labute approximate surface area is 197 Å². The number of likely N-dealkylation sites (tertiary alicyclic amines) is 1. The van der Waals surface area contributed by atoms with E-state index in [4.69, 9.17) is 14.2 Å². The minimum absolute atomic E-state index is 0.0729. The fraction of sp³-hybridized carbons (Fsp3) is 0.464. The van der Waals surface area contributed by atoms with Crippen LogP contribution in [0.3, 0.4) is 0 Å². The number of ether oxygens (including phenoxy) is 3. The Hall–Kier alpha value is -2.79. The maximum absolute atomic E-state index is 12.0. The van der Waals surface area contributed by atoms with Gasteiger partial charge >= 0.3 is 5.97 Å². The van der Waals surface area contributed by atoms with E-state index in [-0.39, 0.29) is 11.4 Å². The minimum Gasteiger partial charge on any atom is -0.492 e. The van der Waals surface area contributed by atoms with E-state index < -0.39 is 5.60 Å². The molecule has 4 rings (SSSR count). The fourth-order valence-corrected chi connectivity index (χ4v) is 4.60. The number of hydrogen-bond donors (Lipinski definition) is 0. The molecule has 0 amide bonds. The molecule has 5 nitrogen and oxygen atoms in total. The van der Waals surface area contributed by atoms with Crippen LogP contribution in [0.4, 0.5) is 0 Å². The zero-order valence-electron chi connectivity index (χ0n) is 20.0. The van der Waals surface area contributed by atoms with Crippen LogP contribution < -0.4 is 9.47 Å². The van der Waals surface area contributed by atoms with E-state index >= 15 is 0 Å². The summed E-state index contributed by atoms with van der Waals surface area (Å²) in [6.45, 7) is 9.65. The van der Waals surface area contributed by atoms with Crippen molar-refractivity contribution in [2.45, 2.75) is 51.0 Å². The number of fused-ring (bicyclic) bond motifs is 2. The van der Waals surface area contributed by atoms with Gasteiger partial charge in [-0.1, -0.05) is 42.5 Å². The van der Waals surface area contributed by atoms with E-state index in [2.05, 4.69) is 35.2 Å². The largest absolute Gasteiger partial charge is 0.492 e. The molecule has 0 unspecified atom stereocenters. The maximum atomic E-state index is 12.0. The van der Waals surface area contributed by atoms with Crippen molar-refractivity contribution in [1.82, 2.24) is 4.90 Å². The first-order chi connectivity index (χ1) is 15.8. The van der Waals surface area contributed by atoms with Gasteiger partial charge in [0.25, 0.3) is 0 Å². The standard InChI is InChI=1S/C28H35NO4/c1-27(2,3)33-26(30)13-16-29-17-14-28(15-18-29)21-32-25-20-23(11-12-24(25)28)31-19-7-10-22-8-5-4-6-9-22/h4-12,20H,13-19,21H2,1-3H3/b10-7+. The van der Waals surface area contributed by atoms with Crippen LogP contribution in [0, 0.1) is 0 Å². The second-order valence-electron chi connectivity index (χ2n) is 10.0. The summed E-state index contributed by atoms with van der Waals surface area (Å²) in [5, 5.41) is 0. The normalized spacial score (nSPS) is 17.7. The van der Waals surface area contributed by atoms with Crippen LogP contribution in [0.25, 0.3) is 6.08 Å². The first-order valence-corrected chi connectivity index (χ1v) is 11.9.